The largest absolute Gasteiger partial charge is 0.335 e. The fraction of sp³-hybridized carbons (Fsp3) is 0.611. The number of hydrogen-bond acceptors (Lipinski definition) is 2. The van der Waals surface area contributed by atoms with Crippen LogP contribution >= 0.6 is 0 Å². The molecule has 3 aliphatic rings. The standard InChI is InChI=1S/C18H23F2N3O/c1-22-12-3-4-13(22)10-23(7-6-12)18(24)21-17-9-15(17)14-5-2-11(19)8-16(14)20/h2,5,8,12-13,15,17H,3-4,6-7,9-10H2,1H3,(H,21,24)/t12-,13-,15-,17-/m0/s1. The number of amides is 2. The molecule has 0 radical (unpaired) electrons. The highest BCUT2D eigenvalue weighted by molar-refractivity contribution is 5.75. The van der Waals surface area contributed by atoms with Gasteiger partial charge in [-0.05, 0) is 44.4 Å². The summed E-state index contributed by atoms with van der Waals surface area (Å²) < 4.78 is 26.8. The highest BCUT2D eigenvalue weighted by Crippen LogP contribution is 2.42. The first-order valence-corrected chi connectivity index (χ1v) is 8.75. The van der Waals surface area contributed by atoms with Gasteiger partial charge in [0, 0.05) is 43.2 Å². The smallest absolute Gasteiger partial charge is 0.317 e. The van der Waals surface area contributed by atoms with Gasteiger partial charge in [-0.2, -0.15) is 0 Å². The number of likely N-dealkylation sites (N-methyl/N-ethyl adjacent to an activating group) is 1. The number of benzene rings is 1. The van der Waals surface area contributed by atoms with Crippen molar-refractivity contribution in [3.05, 3.63) is 35.4 Å². The molecular formula is C18H23F2N3O. The maximum atomic E-state index is 13.8. The Morgan fingerprint density at radius 2 is 2.00 bits per heavy atom. The van der Waals surface area contributed by atoms with Crippen LogP contribution < -0.4 is 5.32 Å². The fourth-order valence-corrected chi connectivity index (χ4v) is 4.24. The first-order chi connectivity index (χ1) is 11.5. The van der Waals surface area contributed by atoms with Crippen molar-refractivity contribution in [3.8, 4) is 0 Å². The average molecular weight is 335 g/mol. The molecule has 1 aromatic carbocycles. The molecule has 4 nitrogen and oxygen atoms in total. The van der Waals surface area contributed by atoms with Crippen molar-refractivity contribution in [3.63, 3.8) is 0 Å². The van der Waals surface area contributed by atoms with E-state index in [1.165, 1.54) is 18.6 Å². The molecule has 0 unspecified atom stereocenters. The van der Waals surface area contributed by atoms with E-state index >= 15 is 0 Å². The Balaban J connectivity index is 1.36. The van der Waals surface area contributed by atoms with Crippen molar-refractivity contribution in [2.45, 2.75) is 49.7 Å². The van der Waals surface area contributed by atoms with E-state index < -0.39 is 11.6 Å². The molecular weight excluding hydrogens is 312 g/mol. The summed E-state index contributed by atoms with van der Waals surface area (Å²) in [5.74, 6) is -1.13. The molecule has 2 aliphatic heterocycles. The highest BCUT2D eigenvalue weighted by Gasteiger charge is 2.43. The number of nitrogens with zero attached hydrogens (tertiary/aromatic N) is 2. The molecule has 2 saturated heterocycles. The van der Waals surface area contributed by atoms with Crippen LogP contribution in [0.15, 0.2) is 18.2 Å². The molecule has 2 amide bonds. The molecule has 1 saturated carbocycles. The second-order valence-corrected chi connectivity index (χ2v) is 7.35. The van der Waals surface area contributed by atoms with Crippen LogP contribution in [0.2, 0.25) is 0 Å². The second kappa shape index (κ2) is 5.99. The molecule has 0 aromatic heterocycles. The quantitative estimate of drug-likeness (QED) is 0.902. The molecule has 2 bridgehead atoms. The van der Waals surface area contributed by atoms with Crippen LogP contribution in [0.3, 0.4) is 0 Å². The van der Waals surface area contributed by atoms with Crippen LogP contribution in [-0.2, 0) is 0 Å². The third-order valence-corrected chi connectivity index (χ3v) is 5.90. The van der Waals surface area contributed by atoms with E-state index in [4.69, 9.17) is 0 Å². The third kappa shape index (κ3) is 2.88. The van der Waals surface area contributed by atoms with Gasteiger partial charge in [-0.25, -0.2) is 13.6 Å². The zero-order valence-electron chi connectivity index (χ0n) is 13.8. The zero-order valence-corrected chi connectivity index (χ0v) is 13.8. The Bertz CT molecular complexity index is 653. The molecule has 1 aromatic rings. The minimum absolute atomic E-state index is 0.0411. The van der Waals surface area contributed by atoms with Crippen molar-refractivity contribution in [2.24, 2.45) is 0 Å². The van der Waals surface area contributed by atoms with Crippen LogP contribution in [0.5, 0.6) is 0 Å². The molecule has 24 heavy (non-hydrogen) atoms. The molecule has 4 rings (SSSR count). The number of likely N-dealkylation sites (tertiary alicyclic amines) is 1. The number of carbonyl (C=O) groups is 1. The van der Waals surface area contributed by atoms with E-state index in [1.54, 1.807) is 0 Å². The highest BCUT2D eigenvalue weighted by atomic mass is 19.1. The molecule has 6 heteroatoms. The maximum Gasteiger partial charge on any atom is 0.317 e. The monoisotopic (exact) mass is 335 g/mol. The van der Waals surface area contributed by atoms with Gasteiger partial charge < -0.3 is 10.2 Å². The van der Waals surface area contributed by atoms with Crippen LogP contribution in [0.1, 0.15) is 37.2 Å². The van der Waals surface area contributed by atoms with Crippen LogP contribution in [0, 0.1) is 11.6 Å². The molecule has 3 fully saturated rings. The van der Waals surface area contributed by atoms with E-state index in [0.717, 1.165) is 32.0 Å². The van der Waals surface area contributed by atoms with E-state index in [2.05, 4.69) is 17.3 Å². The Kier molecular flexibility index (Phi) is 3.95. The number of fused-ring (bicyclic) bond motifs is 2. The summed E-state index contributed by atoms with van der Waals surface area (Å²) in [5, 5.41) is 3.02. The van der Waals surface area contributed by atoms with Gasteiger partial charge in [-0.3, -0.25) is 4.90 Å². The summed E-state index contributed by atoms with van der Waals surface area (Å²) >= 11 is 0. The summed E-state index contributed by atoms with van der Waals surface area (Å²) in [6.45, 7) is 1.54. The molecule has 4 atom stereocenters. The Hall–Kier alpha value is -1.69. The number of urea groups is 1. The van der Waals surface area contributed by atoms with Crippen molar-refractivity contribution >= 4 is 6.03 Å². The minimum atomic E-state index is -0.568. The average Bonchev–Trinajstić information content (AvgIpc) is 3.19. The summed E-state index contributed by atoms with van der Waals surface area (Å²) in [6, 6.07) is 4.62. The lowest BCUT2D eigenvalue weighted by Gasteiger charge is -2.26. The first-order valence-electron chi connectivity index (χ1n) is 8.75. The number of halogens is 2. The van der Waals surface area contributed by atoms with Gasteiger partial charge in [-0.1, -0.05) is 6.07 Å². The van der Waals surface area contributed by atoms with Crippen molar-refractivity contribution < 1.29 is 13.6 Å². The van der Waals surface area contributed by atoms with Crippen LogP contribution in [-0.4, -0.2) is 54.1 Å². The Labute approximate surface area is 140 Å². The summed E-state index contributed by atoms with van der Waals surface area (Å²) in [5.41, 5.74) is 0.497. The van der Waals surface area contributed by atoms with E-state index in [-0.39, 0.29) is 18.0 Å². The van der Waals surface area contributed by atoms with Crippen molar-refractivity contribution in [1.82, 2.24) is 15.1 Å². The summed E-state index contributed by atoms with van der Waals surface area (Å²) in [6.07, 6.45) is 4.11. The number of hydrogen-bond donors (Lipinski definition) is 1. The maximum absolute atomic E-state index is 13.8. The number of carbonyl (C=O) groups excluding carboxylic acids is 1. The molecule has 1 N–H and O–H groups in total. The zero-order chi connectivity index (χ0) is 16.8. The van der Waals surface area contributed by atoms with Crippen LogP contribution in [0.4, 0.5) is 13.6 Å². The predicted molar refractivity (Wildman–Crippen MR) is 86.8 cm³/mol. The van der Waals surface area contributed by atoms with Gasteiger partial charge in [0.25, 0.3) is 0 Å². The predicted octanol–water partition coefficient (Wildman–Crippen LogP) is 2.70. The topological polar surface area (TPSA) is 35.6 Å². The normalized spacial score (nSPS) is 32.5. The van der Waals surface area contributed by atoms with E-state index in [0.29, 0.717) is 24.1 Å². The van der Waals surface area contributed by atoms with Gasteiger partial charge in [0.2, 0.25) is 0 Å². The minimum Gasteiger partial charge on any atom is -0.335 e. The summed E-state index contributed by atoms with van der Waals surface area (Å²) in [7, 11) is 2.15. The Morgan fingerprint density at radius 1 is 1.21 bits per heavy atom. The summed E-state index contributed by atoms with van der Waals surface area (Å²) in [4.78, 5) is 16.8. The molecule has 2 heterocycles. The lowest BCUT2D eigenvalue weighted by Crippen LogP contribution is -2.45. The number of rotatable bonds is 2. The van der Waals surface area contributed by atoms with Gasteiger partial charge in [0.15, 0.2) is 0 Å². The van der Waals surface area contributed by atoms with Crippen molar-refractivity contribution in [2.75, 3.05) is 20.1 Å². The third-order valence-electron chi connectivity index (χ3n) is 5.90. The lowest BCUT2D eigenvalue weighted by molar-refractivity contribution is 0.187. The lowest BCUT2D eigenvalue weighted by atomic mass is 10.1. The fourth-order valence-electron chi connectivity index (χ4n) is 4.24. The van der Waals surface area contributed by atoms with E-state index in [9.17, 15) is 13.6 Å². The van der Waals surface area contributed by atoms with Crippen LogP contribution in [0.25, 0.3) is 0 Å². The van der Waals surface area contributed by atoms with Crippen molar-refractivity contribution in [1.29, 1.82) is 0 Å². The SMILES string of the molecule is CN1[C@H]2CC[C@H]1CN(C(=O)N[C@H]1C[C@H]1c1ccc(F)cc1F)CC2. The molecule has 130 valence electrons. The number of nitrogens with one attached hydrogen (secondary N) is 1. The van der Waals surface area contributed by atoms with Gasteiger partial charge in [0.05, 0.1) is 0 Å². The first kappa shape index (κ1) is 15.8. The van der Waals surface area contributed by atoms with E-state index in [1.807, 2.05) is 4.90 Å². The van der Waals surface area contributed by atoms with Gasteiger partial charge in [0.1, 0.15) is 11.6 Å². The van der Waals surface area contributed by atoms with Gasteiger partial charge >= 0.3 is 6.03 Å². The van der Waals surface area contributed by atoms with Gasteiger partial charge in [-0.15, -0.1) is 0 Å². The Morgan fingerprint density at radius 3 is 2.79 bits per heavy atom. The second-order valence-electron chi connectivity index (χ2n) is 7.35. The molecule has 0 spiro atoms. The molecule has 1 aliphatic carbocycles.